The molecule has 0 bridgehead atoms. The Bertz CT molecular complexity index is 1710. The van der Waals surface area contributed by atoms with Crippen LogP contribution in [-0.4, -0.2) is 82.8 Å². The zero-order valence-electron chi connectivity index (χ0n) is 24.8. The molecule has 3 atom stereocenters. The van der Waals surface area contributed by atoms with E-state index in [1.165, 1.54) is 0 Å². The first kappa shape index (κ1) is 28.0. The number of nitrogens with zero attached hydrogens (tertiary/aromatic N) is 8. The van der Waals surface area contributed by atoms with E-state index < -0.39 is 0 Å². The summed E-state index contributed by atoms with van der Waals surface area (Å²) in [7, 11) is 3.89. The van der Waals surface area contributed by atoms with Gasteiger partial charge in [-0.3, -0.25) is 9.69 Å². The molecule has 44 heavy (non-hydrogen) atoms. The number of nitrogens with one attached hydrogen (secondary N) is 3. The van der Waals surface area contributed by atoms with Gasteiger partial charge in [0.1, 0.15) is 17.7 Å². The maximum atomic E-state index is 13.8. The molecule has 2 saturated heterocycles. The number of rotatable bonds is 8. The smallest absolute Gasteiger partial charge is 0.245 e. The lowest BCUT2D eigenvalue weighted by molar-refractivity contribution is -0.137. The molecule has 7 rings (SSSR count). The molecule has 3 N–H and O–H groups in total. The molecule has 2 aliphatic heterocycles. The highest BCUT2D eigenvalue weighted by molar-refractivity contribution is 5.84. The monoisotopic (exact) mass is 589 g/mol. The van der Waals surface area contributed by atoms with E-state index in [0.29, 0.717) is 18.2 Å². The fourth-order valence-corrected chi connectivity index (χ4v) is 6.16. The Kier molecular flexibility index (Phi) is 7.67. The van der Waals surface area contributed by atoms with Gasteiger partial charge >= 0.3 is 0 Å². The molecule has 4 aromatic heterocycles. The number of benzene rings is 1. The van der Waals surface area contributed by atoms with Crippen LogP contribution in [0.5, 0.6) is 0 Å². The quantitative estimate of drug-likeness (QED) is 0.244. The molecule has 0 radical (unpaired) electrons. The molecule has 6 heterocycles. The zero-order valence-corrected chi connectivity index (χ0v) is 24.8. The van der Waals surface area contributed by atoms with Gasteiger partial charge in [0.05, 0.1) is 35.9 Å². The van der Waals surface area contributed by atoms with Crippen molar-refractivity contribution in [1.29, 1.82) is 0 Å². The summed E-state index contributed by atoms with van der Waals surface area (Å²) in [5.74, 6) is 2.67. The minimum Gasteiger partial charge on any atom is -0.341 e. The fourth-order valence-electron chi connectivity index (χ4n) is 6.16. The van der Waals surface area contributed by atoms with Crippen molar-refractivity contribution in [2.24, 2.45) is 0 Å². The molecule has 0 unspecified atom stereocenters. The van der Waals surface area contributed by atoms with Crippen LogP contribution in [0.3, 0.4) is 0 Å². The lowest BCUT2D eigenvalue weighted by Crippen LogP contribution is -2.40. The standard InChI is InChI=1S/C32H35N11O/c1-42(2)27(20-8-4-3-5-9-20)32(44)43-13-7-11-26(43)29-39-19-25(41-29)22-16-36-31(37-17-22)30-34-14-21(15-35-30)24-18-38-28(40-24)23-10-6-12-33-23/h3-5,8-9,14-19,23,26-27,33H,6-7,10-13H2,1-2H3,(H,38,40)(H,39,41)/t23-,26-,27+/m0/s1. The van der Waals surface area contributed by atoms with Gasteiger partial charge in [-0.25, -0.2) is 29.9 Å². The molecule has 224 valence electrons. The van der Waals surface area contributed by atoms with Crippen molar-refractivity contribution < 1.29 is 4.79 Å². The maximum Gasteiger partial charge on any atom is 0.245 e. The third-order valence-corrected chi connectivity index (χ3v) is 8.42. The first-order valence-electron chi connectivity index (χ1n) is 15.1. The van der Waals surface area contributed by atoms with Crippen LogP contribution < -0.4 is 5.32 Å². The summed E-state index contributed by atoms with van der Waals surface area (Å²) in [5.41, 5.74) is 4.30. The van der Waals surface area contributed by atoms with E-state index in [0.717, 1.165) is 72.0 Å². The third kappa shape index (κ3) is 5.49. The largest absolute Gasteiger partial charge is 0.341 e. The first-order valence-corrected chi connectivity index (χ1v) is 15.1. The van der Waals surface area contributed by atoms with Gasteiger partial charge in [-0.2, -0.15) is 0 Å². The van der Waals surface area contributed by atoms with Crippen molar-refractivity contribution in [1.82, 2.24) is 55.0 Å². The van der Waals surface area contributed by atoms with Crippen molar-refractivity contribution in [3.05, 3.63) is 84.7 Å². The van der Waals surface area contributed by atoms with E-state index in [2.05, 4.69) is 45.2 Å². The van der Waals surface area contributed by atoms with Gasteiger partial charge in [0.15, 0.2) is 11.6 Å². The summed E-state index contributed by atoms with van der Waals surface area (Å²) in [6.07, 6.45) is 14.6. The summed E-state index contributed by atoms with van der Waals surface area (Å²) in [5, 5.41) is 3.45. The number of amides is 1. The summed E-state index contributed by atoms with van der Waals surface area (Å²) < 4.78 is 0. The average molecular weight is 590 g/mol. The number of likely N-dealkylation sites (N-methyl/N-ethyl adjacent to an activating group) is 1. The number of H-pyrrole nitrogens is 2. The number of aromatic nitrogens is 8. The number of likely N-dealkylation sites (tertiary alicyclic amines) is 1. The van der Waals surface area contributed by atoms with Gasteiger partial charge in [-0.15, -0.1) is 0 Å². The van der Waals surface area contributed by atoms with Crippen LogP contribution in [0.1, 0.15) is 61.0 Å². The molecule has 2 aliphatic rings. The molecule has 1 amide bonds. The Morgan fingerprint density at radius 3 is 2.00 bits per heavy atom. The predicted octanol–water partition coefficient (Wildman–Crippen LogP) is 4.10. The average Bonchev–Trinajstić information content (AvgIpc) is 3.88. The van der Waals surface area contributed by atoms with E-state index >= 15 is 0 Å². The zero-order chi connectivity index (χ0) is 30.0. The van der Waals surface area contributed by atoms with Crippen LogP contribution in [0.2, 0.25) is 0 Å². The Morgan fingerprint density at radius 2 is 1.41 bits per heavy atom. The van der Waals surface area contributed by atoms with Crippen molar-refractivity contribution in [2.45, 2.75) is 43.8 Å². The Labute approximate surface area is 255 Å². The predicted molar refractivity (Wildman–Crippen MR) is 165 cm³/mol. The van der Waals surface area contributed by atoms with E-state index in [-0.39, 0.29) is 24.0 Å². The molecule has 0 saturated carbocycles. The molecule has 12 nitrogen and oxygen atoms in total. The Morgan fingerprint density at radius 1 is 0.795 bits per heavy atom. The maximum absolute atomic E-state index is 13.8. The first-order chi connectivity index (χ1) is 21.5. The van der Waals surface area contributed by atoms with Crippen LogP contribution in [0.15, 0.2) is 67.5 Å². The van der Waals surface area contributed by atoms with Crippen LogP contribution in [0.4, 0.5) is 0 Å². The van der Waals surface area contributed by atoms with Crippen LogP contribution in [0, 0.1) is 0 Å². The molecular formula is C32H35N11O. The van der Waals surface area contributed by atoms with Crippen molar-refractivity contribution in [3.8, 4) is 34.2 Å². The Hall–Kier alpha value is -4.81. The van der Waals surface area contributed by atoms with Crippen LogP contribution in [0.25, 0.3) is 34.2 Å². The van der Waals surface area contributed by atoms with Gasteiger partial charge in [0.25, 0.3) is 0 Å². The lowest BCUT2D eigenvalue weighted by Gasteiger charge is -2.31. The lowest BCUT2D eigenvalue weighted by atomic mass is 10.0. The molecular weight excluding hydrogens is 554 g/mol. The molecule has 1 aromatic carbocycles. The second-order valence-corrected chi connectivity index (χ2v) is 11.6. The highest BCUT2D eigenvalue weighted by Gasteiger charge is 2.37. The van der Waals surface area contributed by atoms with Crippen molar-refractivity contribution in [2.75, 3.05) is 27.2 Å². The van der Waals surface area contributed by atoms with Crippen molar-refractivity contribution >= 4 is 5.91 Å². The third-order valence-electron chi connectivity index (χ3n) is 8.42. The summed E-state index contributed by atoms with van der Waals surface area (Å²) in [6, 6.07) is 9.73. The summed E-state index contributed by atoms with van der Waals surface area (Å²) >= 11 is 0. The number of hydrogen-bond acceptors (Lipinski definition) is 9. The highest BCUT2D eigenvalue weighted by atomic mass is 16.2. The number of hydrogen-bond donors (Lipinski definition) is 3. The second-order valence-electron chi connectivity index (χ2n) is 11.6. The van der Waals surface area contributed by atoms with Gasteiger partial charge in [0, 0.05) is 42.5 Å². The van der Waals surface area contributed by atoms with E-state index in [9.17, 15) is 4.79 Å². The number of carbonyl (C=O) groups excluding carboxylic acids is 1. The Balaban J connectivity index is 1.04. The second kappa shape index (κ2) is 12.1. The van der Waals surface area contributed by atoms with Crippen LogP contribution in [-0.2, 0) is 4.79 Å². The molecule has 2 fully saturated rings. The van der Waals surface area contributed by atoms with E-state index in [4.69, 9.17) is 0 Å². The molecule has 0 aliphatic carbocycles. The van der Waals surface area contributed by atoms with Crippen LogP contribution >= 0.6 is 0 Å². The SMILES string of the molecule is CN(C)[C@@H](C(=O)N1CCC[C@H]1c1ncc(-c2cnc(-c3ncc(-c4cnc([C@@H]5CCCN5)[nH]4)cn3)nc2)[nH]1)c1ccccc1. The molecule has 0 spiro atoms. The molecule has 12 heteroatoms. The highest BCUT2D eigenvalue weighted by Crippen LogP contribution is 2.35. The minimum atomic E-state index is -0.352. The van der Waals surface area contributed by atoms with Crippen molar-refractivity contribution in [3.63, 3.8) is 0 Å². The number of carbonyl (C=O) groups is 1. The summed E-state index contributed by atoms with van der Waals surface area (Å²) in [6.45, 7) is 1.72. The summed E-state index contributed by atoms with van der Waals surface area (Å²) in [4.78, 5) is 51.8. The number of aromatic amines is 2. The topological polar surface area (TPSA) is 144 Å². The molecule has 5 aromatic rings. The minimum absolute atomic E-state index is 0.0825. The van der Waals surface area contributed by atoms with Gasteiger partial charge in [0.2, 0.25) is 5.91 Å². The normalized spacial score (nSPS) is 19.1. The van der Waals surface area contributed by atoms with Gasteiger partial charge in [-0.1, -0.05) is 30.3 Å². The van der Waals surface area contributed by atoms with E-state index in [1.807, 2.05) is 60.4 Å². The van der Waals surface area contributed by atoms with Gasteiger partial charge < -0.3 is 20.2 Å². The fraction of sp³-hybridized carbons (Fsp3) is 0.344. The van der Waals surface area contributed by atoms with E-state index in [1.54, 1.807) is 31.0 Å². The number of imidazole rings is 2. The van der Waals surface area contributed by atoms with Gasteiger partial charge in [-0.05, 0) is 51.9 Å².